The smallest absolute Gasteiger partial charge is 0.103 e. The lowest BCUT2D eigenvalue weighted by molar-refractivity contribution is -0.232. The van der Waals surface area contributed by atoms with Gasteiger partial charge in [-0.15, -0.1) is 0 Å². The number of aliphatic hydroxyl groups is 2. The number of allylic oxidation sites excluding steroid dienone is 2. The zero-order valence-corrected chi connectivity index (χ0v) is 13.6. The Morgan fingerprint density at radius 2 is 1.90 bits per heavy atom. The van der Waals surface area contributed by atoms with Crippen LogP contribution in [0.3, 0.4) is 0 Å². The Kier molecular flexibility index (Phi) is 2.54. The second-order valence-electron chi connectivity index (χ2n) is 8.71. The number of fused-ring (bicyclic) bond motifs is 1. The molecule has 118 valence electrons. The zero-order chi connectivity index (χ0) is 15.3. The minimum atomic E-state index is -0.940. The molecule has 7 atom stereocenters. The third kappa shape index (κ3) is 1.12. The molecule has 0 aromatic heterocycles. The Bertz CT molecular complexity index is 513. The molecular formula is C18H28O3. The molecule has 4 aliphatic rings. The van der Waals surface area contributed by atoms with Crippen molar-refractivity contribution in [3.63, 3.8) is 0 Å². The van der Waals surface area contributed by atoms with Crippen LogP contribution in [0.1, 0.15) is 40.0 Å². The van der Waals surface area contributed by atoms with E-state index in [0.29, 0.717) is 18.4 Å². The molecule has 1 spiro atoms. The predicted octanol–water partition coefficient (Wildman–Crippen LogP) is 2.37. The summed E-state index contributed by atoms with van der Waals surface area (Å²) in [4.78, 5) is 0. The van der Waals surface area contributed by atoms with Gasteiger partial charge >= 0.3 is 0 Å². The summed E-state index contributed by atoms with van der Waals surface area (Å²) in [6.45, 7) is 7.16. The molecule has 3 nitrogen and oxygen atoms in total. The first-order valence-corrected chi connectivity index (χ1v) is 8.35. The van der Waals surface area contributed by atoms with Gasteiger partial charge < -0.3 is 14.9 Å². The highest BCUT2D eigenvalue weighted by atomic mass is 16.5. The Hall–Kier alpha value is -0.380. The van der Waals surface area contributed by atoms with Crippen LogP contribution in [0.5, 0.6) is 0 Å². The van der Waals surface area contributed by atoms with Crippen molar-refractivity contribution in [2.75, 3.05) is 13.7 Å². The van der Waals surface area contributed by atoms with E-state index in [4.69, 9.17) is 4.74 Å². The largest absolute Gasteiger partial charge is 0.392 e. The molecule has 4 aliphatic carbocycles. The van der Waals surface area contributed by atoms with E-state index in [0.717, 1.165) is 19.3 Å². The fourth-order valence-corrected chi connectivity index (χ4v) is 7.41. The quantitative estimate of drug-likeness (QED) is 0.768. The Morgan fingerprint density at radius 3 is 2.57 bits per heavy atom. The van der Waals surface area contributed by atoms with Gasteiger partial charge in [-0.1, -0.05) is 32.9 Å². The van der Waals surface area contributed by atoms with Crippen LogP contribution in [-0.2, 0) is 4.74 Å². The van der Waals surface area contributed by atoms with Crippen LogP contribution in [0.15, 0.2) is 12.2 Å². The van der Waals surface area contributed by atoms with E-state index in [1.807, 2.05) is 0 Å². The minimum Gasteiger partial charge on any atom is -0.392 e. The van der Waals surface area contributed by atoms with Gasteiger partial charge in [-0.2, -0.15) is 0 Å². The minimum absolute atomic E-state index is 0.0132. The van der Waals surface area contributed by atoms with Gasteiger partial charge in [-0.25, -0.2) is 0 Å². The number of hydrogen-bond acceptors (Lipinski definition) is 3. The molecule has 0 unspecified atom stereocenters. The highest BCUT2D eigenvalue weighted by Crippen LogP contribution is 2.83. The average Bonchev–Trinajstić information content (AvgIpc) is 2.88. The summed E-state index contributed by atoms with van der Waals surface area (Å²) in [7, 11) is 1.67. The van der Waals surface area contributed by atoms with Crippen molar-refractivity contribution in [1.82, 2.24) is 0 Å². The normalized spacial score (nSPS) is 59.5. The van der Waals surface area contributed by atoms with Crippen LogP contribution >= 0.6 is 0 Å². The van der Waals surface area contributed by atoms with Crippen LogP contribution < -0.4 is 0 Å². The summed E-state index contributed by atoms with van der Waals surface area (Å²) in [6, 6.07) is 0. The van der Waals surface area contributed by atoms with E-state index >= 15 is 0 Å². The molecule has 21 heavy (non-hydrogen) atoms. The molecule has 3 saturated carbocycles. The lowest BCUT2D eigenvalue weighted by Gasteiger charge is -2.58. The van der Waals surface area contributed by atoms with Crippen LogP contribution in [0, 0.1) is 34.0 Å². The van der Waals surface area contributed by atoms with Gasteiger partial charge in [0.25, 0.3) is 0 Å². The molecule has 2 N–H and O–H groups in total. The molecule has 3 fully saturated rings. The van der Waals surface area contributed by atoms with E-state index in [1.54, 1.807) is 7.11 Å². The van der Waals surface area contributed by atoms with Crippen molar-refractivity contribution >= 4 is 0 Å². The van der Waals surface area contributed by atoms with Gasteiger partial charge in [-0.05, 0) is 42.4 Å². The summed E-state index contributed by atoms with van der Waals surface area (Å²) in [5.74, 6) is 1.13. The van der Waals surface area contributed by atoms with Crippen molar-refractivity contribution in [3.05, 3.63) is 12.2 Å². The van der Waals surface area contributed by atoms with Crippen LogP contribution in [0.4, 0.5) is 0 Å². The highest BCUT2D eigenvalue weighted by Gasteiger charge is 2.85. The lowest BCUT2D eigenvalue weighted by Crippen LogP contribution is -2.66. The van der Waals surface area contributed by atoms with Crippen molar-refractivity contribution in [3.8, 4) is 0 Å². The van der Waals surface area contributed by atoms with Crippen LogP contribution in [-0.4, -0.2) is 35.6 Å². The number of methoxy groups -OCH3 is 1. The van der Waals surface area contributed by atoms with Crippen LogP contribution in [0.2, 0.25) is 0 Å². The maximum absolute atomic E-state index is 11.9. The van der Waals surface area contributed by atoms with Crippen molar-refractivity contribution in [2.45, 2.75) is 51.7 Å². The summed E-state index contributed by atoms with van der Waals surface area (Å²) in [5, 5.41) is 22.9. The lowest BCUT2D eigenvalue weighted by atomic mass is 9.49. The maximum atomic E-state index is 11.9. The van der Waals surface area contributed by atoms with Crippen molar-refractivity contribution in [2.24, 2.45) is 34.0 Å². The van der Waals surface area contributed by atoms with Gasteiger partial charge in [0, 0.05) is 17.9 Å². The molecule has 4 rings (SSSR count). The average molecular weight is 292 g/mol. The maximum Gasteiger partial charge on any atom is 0.103 e. The molecule has 0 aliphatic heterocycles. The molecular weight excluding hydrogens is 264 g/mol. The first-order chi connectivity index (χ1) is 9.77. The van der Waals surface area contributed by atoms with E-state index < -0.39 is 17.1 Å². The standard InChI is InChI=1S/C18H28O3/c1-15(2)14-11-5-6-12-7-8-13(19)18(12,14)17(20,10-21-4)16(15,3)9-11/h5-6,11-14,19-20H,7-10H2,1-4H3/t11-,12+,13-,14-,16+,17+,18-/m1/s1. The van der Waals surface area contributed by atoms with E-state index in [9.17, 15) is 10.2 Å². The first-order valence-electron chi connectivity index (χ1n) is 8.35. The van der Waals surface area contributed by atoms with Crippen molar-refractivity contribution in [1.29, 1.82) is 0 Å². The molecule has 0 amide bonds. The molecule has 0 heterocycles. The second-order valence-corrected chi connectivity index (χ2v) is 8.71. The third-order valence-corrected chi connectivity index (χ3v) is 8.28. The Morgan fingerprint density at radius 1 is 1.19 bits per heavy atom. The van der Waals surface area contributed by atoms with E-state index in [1.165, 1.54) is 0 Å². The highest BCUT2D eigenvalue weighted by molar-refractivity contribution is 5.38. The first kappa shape index (κ1) is 14.2. The Balaban J connectivity index is 2.02. The molecule has 2 bridgehead atoms. The van der Waals surface area contributed by atoms with Crippen LogP contribution in [0.25, 0.3) is 0 Å². The molecule has 0 aromatic carbocycles. The molecule has 0 aromatic rings. The monoisotopic (exact) mass is 292 g/mol. The summed E-state index contributed by atoms with van der Waals surface area (Å²) in [6.07, 6.45) is 7.04. The van der Waals surface area contributed by atoms with E-state index in [2.05, 4.69) is 32.9 Å². The topological polar surface area (TPSA) is 49.7 Å². The number of hydrogen-bond donors (Lipinski definition) is 2. The fraction of sp³-hybridized carbons (Fsp3) is 0.889. The molecule has 0 radical (unpaired) electrons. The van der Waals surface area contributed by atoms with Gasteiger partial charge in [0.05, 0.1) is 12.7 Å². The SMILES string of the molecule is COC[C@@]1(O)[C@@]23[C@H](O)CC[C@@H]2C=C[C@@H]2C[C@@]1(C)C(C)(C)[C@@H]23. The van der Waals surface area contributed by atoms with Gasteiger partial charge in [0.1, 0.15) is 5.60 Å². The summed E-state index contributed by atoms with van der Waals surface area (Å²) in [5.41, 5.74) is -1.55. The summed E-state index contributed by atoms with van der Waals surface area (Å²) < 4.78 is 5.50. The molecule has 0 saturated heterocycles. The van der Waals surface area contributed by atoms with E-state index in [-0.39, 0.29) is 16.7 Å². The predicted molar refractivity (Wildman–Crippen MR) is 80.6 cm³/mol. The Labute approximate surface area is 127 Å². The number of rotatable bonds is 2. The van der Waals surface area contributed by atoms with Crippen molar-refractivity contribution < 1.29 is 14.9 Å². The fourth-order valence-electron chi connectivity index (χ4n) is 7.41. The third-order valence-electron chi connectivity index (χ3n) is 8.28. The zero-order valence-electron chi connectivity index (χ0n) is 13.6. The number of aliphatic hydroxyl groups excluding tert-OH is 1. The second kappa shape index (κ2) is 3.74. The van der Waals surface area contributed by atoms with Gasteiger partial charge in [0.2, 0.25) is 0 Å². The summed E-state index contributed by atoms with van der Waals surface area (Å²) >= 11 is 0. The van der Waals surface area contributed by atoms with Gasteiger partial charge in [-0.3, -0.25) is 0 Å². The number of ether oxygens (including phenoxy) is 1. The molecule has 3 heteroatoms. The van der Waals surface area contributed by atoms with Gasteiger partial charge in [0.15, 0.2) is 0 Å².